The average Bonchev–Trinajstić information content (AvgIpc) is 3.07. The summed E-state index contributed by atoms with van der Waals surface area (Å²) in [6, 6.07) is 2.73. The van der Waals surface area contributed by atoms with Gasteiger partial charge in [-0.1, -0.05) is 13.8 Å². The van der Waals surface area contributed by atoms with Crippen LogP contribution in [0.5, 0.6) is 0 Å². The summed E-state index contributed by atoms with van der Waals surface area (Å²) in [5.74, 6) is 5.72. The van der Waals surface area contributed by atoms with E-state index in [-0.39, 0.29) is 6.04 Å². The Morgan fingerprint density at radius 2 is 2.10 bits per heavy atom. The maximum atomic E-state index is 5.72. The highest BCUT2D eigenvalue weighted by Gasteiger charge is 2.16. The number of aromatic nitrogens is 2. The van der Waals surface area contributed by atoms with Crippen molar-refractivity contribution in [3.8, 4) is 0 Å². The van der Waals surface area contributed by atoms with E-state index in [2.05, 4.69) is 53.9 Å². The molecule has 0 fully saturated rings. The SMILES string of the molecule is CCC(CC)n1ccc(CC(NN)c2cscc2C)n1. The number of hydrazine groups is 1. The Morgan fingerprint density at radius 1 is 1.35 bits per heavy atom. The van der Waals surface area contributed by atoms with Crippen LogP contribution in [0.4, 0.5) is 0 Å². The third-order valence-corrected chi connectivity index (χ3v) is 4.74. The largest absolute Gasteiger partial charge is 0.271 e. The van der Waals surface area contributed by atoms with Gasteiger partial charge in [-0.05, 0) is 47.7 Å². The van der Waals surface area contributed by atoms with E-state index in [4.69, 9.17) is 10.9 Å². The van der Waals surface area contributed by atoms with Crippen LogP contribution in [-0.2, 0) is 6.42 Å². The molecule has 0 spiro atoms. The number of hydrogen-bond donors (Lipinski definition) is 2. The third-order valence-electron chi connectivity index (χ3n) is 3.87. The number of thiophene rings is 1. The van der Waals surface area contributed by atoms with Crippen molar-refractivity contribution in [2.24, 2.45) is 5.84 Å². The van der Waals surface area contributed by atoms with Crippen LogP contribution in [0, 0.1) is 6.92 Å². The number of nitrogens with one attached hydrogen (secondary N) is 1. The van der Waals surface area contributed by atoms with Crippen molar-refractivity contribution >= 4 is 11.3 Å². The maximum Gasteiger partial charge on any atom is 0.0644 e. The van der Waals surface area contributed by atoms with Crippen molar-refractivity contribution in [3.63, 3.8) is 0 Å². The van der Waals surface area contributed by atoms with Gasteiger partial charge in [0.15, 0.2) is 0 Å². The molecule has 2 aromatic heterocycles. The maximum absolute atomic E-state index is 5.72. The summed E-state index contributed by atoms with van der Waals surface area (Å²) >= 11 is 1.72. The summed E-state index contributed by atoms with van der Waals surface area (Å²) in [6.45, 7) is 6.53. The van der Waals surface area contributed by atoms with Crippen molar-refractivity contribution in [1.29, 1.82) is 0 Å². The molecule has 0 aromatic carbocycles. The van der Waals surface area contributed by atoms with Crippen LogP contribution in [0.25, 0.3) is 0 Å². The van der Waals surface area contributed by atoms with E-state index in [0.29, 0.717) is 6.04 Å². The van der Waals surface area contributed by atoms with Crippen molar-refractivity contribution in [2.45, 2.75) is 52.1 Å². The fourth-order valence-corrected chi connectivity index (χ4v) is 3.45. The number of hydrogen-bond acceptors (Lipinski definition) is 4. The minimum absolute atomic E-state index is 0.131. The Bertz CT molecular complexity index is 527. The second-order valence-corrected chi connectivity index (χ2v) is 5.93. The fraction of sp³-hybridized carbons (Fsp3) is 0.533. The molecule has 0 saturated carbocycles. The van der Waals surface area contributed by atoms with Gasteiger partial charge in [0.25, 0.3) is 0 Å². The van der Waals surface area contributed by atoms with Crippen LogP contribution in [0.1, 0.15) is 55.6 Å². The third kappa shape index (κ3) is 3.29. The molecule has 2 heterocycles. The first-order chi connectivity index (χ1) is 9.69. The van der Waals surface area contributed by atoms with Crippen molar-refractivity contribution in [2.75, 3.05) is 0 Å². The Balaban J connectivity index is 2.11. The molecule has 2 rings (SSSR count). The van der Waals surface area contributed by atoms with E-state index < -0.39 is 0 Å². The van der Waals surface area contributed by atoms with Gasteiger partial charge in [0, 0.05) is 12.6 Å². The van der Waals surface area contributed by atoms with Gasteiger partial charge in [0.05, 0.1) is 17.8 Å². The quantitative estimate of drug-likeness (QED) is 0.608. The lowest BCUT2D eigenvalue weighted by molar-refractivity contribution is 0.422. The second-order valence-electron chi connectivity index (χ2n) is 5.19. The van der Waals surface area contributed by atoms with Crippen LogP contribution in [0.2, 0.25) is 0 Å². The molecule has 20 heavy (non-hydrogen) atoms. The predicted octanol–water partition coefficient (Wildman–Crippen LogP) is 3.36. The van der Waals surface area contributed by atoms with Crippen LogP contribution in [0.3, 0.4) is 0 Å². The number of nitrogens with two attached hydrogens (primary N) is 1. The van der Waals surface area contributed by atoms with Crippen LogP contribution < -0.4 is 11.3 Å². The van der Waals surface area contributed by atoms with E-state index >= 15 is 0 Å². The highest BCUT2D eigenvalue weighted by molar-refractivity contribution is 7.08. The molecule has 1 unspecified atom stereocenters. The van der Waals surface area contributed by atoms with Crippen molar-refractivity contribution < 1.29 is 0 Å². The second kappa shape index (κ2) is 7.02. The minimum atomic E-state index is 0.131. The van der Waals surface area contributed by atoms with Gasteiger partial charge >= 0.3 is 0 Å². The number of nitrogens with zero attached hydrogens (tertiary/aromatic N) is 2. The lowest BCUT2D eigenvalue weighted by atomic mass is 10.0. The molecule has 0 amide bonds. The fourth-order valence-electron chi connectivity index (χ4n) is 2.55. The molecule has 110 valence electrons. The molecule has 0 aliphatic rings. The molecule has 0 bridgehead atoms. The van der Waals surface area contributed by atoms with E-state index in [9.17, 15) is 0 Å². The standard InChI is InChI=1S/C15H24N4S/c1-4-13(5-2)19-7-6-12(18-19)8-15(17-16)14-10-20-9-11(14)3/h6-7,9-10,13,15,17H,4-5,8,16H2,1-3H3. The first kappa shape index (κ1) is 15.2. The first-order valence-corrected chi connectivity index (χ1v) is 8.16. The summed E-state index contributed by atoms with van der Waals surface area (Å²) < 4.78 is 2.09. The highest BCUT2D eigenvalue weighted by Crippen LogP contribution is 2.24. The first-order valence-electron chi connectivity index (χ1n) is 7.22. The van der Waals surface area contributed by atoms with Gasteiger partial charge in [0.2, 0.25) is 0 Å². The molecular formula is C15H24N4S. The zero-order chi connectivity index (χ0) is 14.5. The molecule has 5 heteroatoms. The van der Waals surface area contributed by atoms with Gasteiger partial charge in [-0.25, -0.2) is 0 Å². The van der Waals surface area contributed by atoms with Crippen molar-refractivity contribution in [1.82, 2.24) is 15.2 Å². The average molecular weight is 292 g/mol. The lowest BCUT2D eigenvalue weighted by Gasteiger charge is -2.15. The van der Waals surface area contributed by atoms with Gasteiger partial charge in [-0.15, -0.1) is 0 Å². The van der Waals surface area contributed by atoms with Crippen LogP contribution >= 0.6 is 11.3 Å². The zero-order valence-electron chi connectivity index (χ0n) is 12.5. The summed E-state index contributed by atoms with van der Waals surface area (Å²) in [5.41, 5.74) is 6.57. The molecule has 1 atom stereocenters. The summed E-state index contributed by atoms with van der Waals surface area (Å²) in [4.78, 5) is 0. The molecule has 0 aliphatic carbocycles. The van der Waals surface area contributed by atoms with Gasteiger partial charge in [-0.2, -0.15) is 16.4 Å². The summed E-state index contributed by atoms with van der Waals surface area (Å²) in [5, 5.41) is 9.02. The number of rotatable bonds is 7. The molecule has 0 radical (unpaired) electrons. The lowest BCUT2D eigenvalue weighted by Crippen LogP contribution is -2.29. The minimum Gasteiger partial charge on any atom is -0.271 e. The Labute approximate surface area is 125 Å². The molecule has 0 saturated heterocycles. The monoisotopic (exact) mass is 292 g/mol. The molecule has 3 N–H and O–H groups in total. The van der Waals surface area contributed by atoms with E-state index in [1.165, 1.54) is 11.1 Å². The molecular weight excluding hydrogens is 268 g/mol. The van der Waals surface area contributed by atoms with Crippen LogP contribution in [-0.4, -0.2) is 9.78 Å². The van der Waals surface area contributed by atoms with Crippen LogP contribution in [0.15, 0.2) is 23.0 Å². The summed E-state index contributed by atoms with van der Waals surface area (Å²) in [6.07, 6.45) is 5.13. The Morgan fingerprint density at radius 3 is 2.65 bits per heavy atom. The van der Waals surface area contributed by atoms with Gasteiger partial charge in [-0.3, -0.25) is 16.0 Å². The predicted molar refractivity (Wildman–Crippen MR) is 84.7 cm³/mol. The van der Waals surface area contributed by atoms with E-state index in [1.807, 2.05) is 0 Å². The zero-order valence-corrected chi connectivity index (χ0v) is 13.3. The normalized spacial score (nSPS) is 13.1. The molecule has 4 nitrogen and oxygen atoms in total. The number of aryl methyl sites for hydroxylation is 1. The van der Waals surface area contributed by atoms with Crippen molar-refractivity contribution in [3.05, 3.63) is 39.8 Å². The Kier molecular flexibility index (Phi) is 5.34. The Hall–Kier alpha value is -1.17. The smallest absolute Gasteiger partial charge is 0.0644 e. The molecule has 0 aliphatic heterocycles. The van der Waals surface area contributed by atoms with E-state index in [0.717, 1.165) is 25.0 Å². The summed E-state index contributed by atoms with van der Waals surface area (Å²) in [7, 11) is 0. The van der Waals surface area contributed by atoms with Gasteiger partial charge in [0.1, 0.15) is 0 Å². The van der Waals surface area contributed by atoms with Gasteiger partial charge < -0.3 is 0 Å². The van der Waals surface area contributed by atoms with E-state index in [1.54, 1.807) is 11.3 Å². The molecule has 2 aromatic rings. The topological polar surface area (TPSA) is 55.9 Å². The highest BCUT2D eigenvalue weighted by atomic mass is 32.1.